The van der Waals surface area contributed by atoms with E-state index in [-0.39, 0.29) is 17.6 Å². The van der Waals surface area contributed by atoms with E-state index in [0.717, 1.165) is 35.5 Å². The summed E-state index contributed by atoms with van der Waals surface area (Å²) in [5.74, 6) is 2.17. The number of hydrogen-bond donors (Lipinski definition) is 0. The number of carbonyl (C=O) groups excluding carboxylic acids is 1. The first-order valence-electron chi connectivity index (χ1n) is 11.7. The molecule has 1 saturated carbocycles. The van der Waals surface area contributed by atoms with Crippen molar-refractivity contribution in [2.45, 2.75) is 51.0 Å². The van der Waals surface area contributed by atoms with Crippen molar-refractivity contribution in [3.8, 4) is 0 Å². The number of aromatic nitrogens is 2. The van der Waals surface area contributed by atoms with Crippen molar-refractivity contribution in [3.05, 3.63) is 47.7 Å². The molecule has 1 saturated heterocycles. The van der Waals surface area contributed by atoms with Crippen LogP contribution >= 0.6 is 0 Å². The van der Waals surface area contributed by atoms with Crippen molar-refractivity contribution in [3.63, 3.8) is 0 Å². The number of carbonyl (C=O) groups is 1. The van der Waals surface area contributed by atoms with E-state index in [4.69, 9.17) is 9.97 Å². The molecule has 0 spiro atoms. The second-order valence-electron chi connectivity index (χ2n) is 9.54. The molecule has 1 unspecified atom stereocenters. The minimum absolute atomic E-state index is 0.00310. The Bertz CT molecular complexity index is 926. The summed E-state index contributed by atoms with van der Waals surface area (Å²) >= 11 is 0. The van der Waals surface area contributed by atoms with E-state index in [0.29, 0.717) is 19.5 Å². The quantitative estimate of drug-likeness (QED) is 0.647. The Morgan fingerprint density at radius 3 is 2.47 bits per heavy atom. The molecule has 6 nitrogen and oxygen atoms in total. The van der Waals surface area contributed by atoms with Crippen molar-refractivity contribution < 1.29 is 9.18 Å². The highest BCUT2D eigenvalue weighted by Crippen LogP contribution is 2.32. The minimum Gasteiger partial charge on any atom is -0.363 e. The van der Waals surface area contributed by atoms with Crippen LogP contribution in [-0.2, 0) is 11.3 Å². The number of amides is 1. The number of nitrogens with zero attached hydrogens (tertiary/aromatic N) is 5. The molecule has 1 aliphatic carbocycles. The molecule has 2 heterocycles. The summed E-state index contributed by atoms with van der Waals surface area (Å²) in [6, 6.07) is 8.10. The van der Waals surface area contributed by atoms with Gasteiger partial charge in [-0.15, -0.1) is 0 Å². The van der Waals surface area contributed by atoms with Gasteiger partial charge in [-0.05, 0) is 50.1 Å². The highest BCUT2D eigenvalue weighted by molar-refractivity contribution is 5.96. The molecule has 1 amide bonds. The second kappa shape index (κ2) is 9.94. The maximum Gasteiger partial charge on any atom is 0.227 e. The lowest BCUT2D eigenvalue weighted by Gasteiger charge is -2.27. The Morgan fingerprint density at radius 1 is 1.06 bits per heavy atom. The van der Waals surface area contributed by atoms with Gasteiger partial charge in [-0.25, -0.2) is 14.4 Å². The summed E-state index contributed by atoms with van der Waals surface area (Å²) in [5, 5.41) is 0. The lowest BCUT2D eigenvalue weighted by atomic mass is 9.89. The topological polar surface area (TPSA) is 52.6 Å². The first kappa shape index (κ1) is 22.6. The zero-order valence-corrected chi connectivity index (χ0v) is 19.4. The van der Waals surface area contributed by atoms with Gasteiger partial charge in [0.05, 0.1) is 12.2 Å². The van der Waals surface area contributed by atoms with E-state index in [1.165, 1.54) is 44.2 Å². The third kappa shape index (κ3) is 5.44. The van der Waals surface area contributed by atoms with E-state index in [2.05, 4.69) is 11.9 Å². The Kier molecular flexibility index (Phi) is 7.04. The Labute approximate surface area is 190 Å². The molecule has 0 radical (unpaired) electrons. The Balaban J connectivity index is 1.50. The summed E-state index contributed by atoms with van der Waals surface area (Å²) in [5.41, 5.74) is 1.64. The first-order valence-corrected chi connectivity index (χ1v) is 11.7. The normalized spacial score (nSPS) is 19.7. The minimum atomic E-state index is -0.301. The highest BCUT2D eigenvalue weighted by atomic mass is 19.1. The molecular weight excluding hydrogens is 405 g/mol. The number of halogens is 1. The molecule has 2 aromatic rings. The summed E-state index contributed by atoms with van der Waals surface area (Å²) in [4.78, 5) is 28.4. The van der Waals surface area contributed by atoms with Gasteiger partial charge >= 0.3 is 0 Å². The standard InChI is InChI=1S/C25H34FN5O/c1-29(2)24-14-22(19-13-25(32)31(16-19)21-11-9-20(26)10-12-21)27-23(28-24)17-30(3)15-18-7-5-4-6-8-18/h9-12,14,18-19H,4-8,13,15-17H2,1-3H3. The van der Waals surface area contributed by atoms with E-state index in [1.54, 1.807) is 17.0 Å². The zero-order valence-electron chi connectivity index (χ0n) is 19.4. The van der Waals surface area contributed by atoms with Gasteiger partial charge in [0.1, 0.15) is 17.5 Å². The summed E-state index contributed by atoms with van der Waals surface area (Å²) in [6.45, 7) is 2.32. The van der Waals surface area contributed by atoms with E-state index < -0.39 is 0 Å². The average molecular weight is 440 g/mol. The van der Waals surface area contributed by atoms with Gasteiger partial charge < -0.3 is 9.80 Å². The monoisotopic (exact) mass is 439 g/mol. The molecule has 0 bridgehead atoms. The van der Waals surface area contributed by atoms with Crippen molar-refractivity contribution in [2.75, 3.05) is 44.0 Å². The fourth-order valence-electron chi connectivity index (χ4n) is 4.90. The van der Waals surface area contributed by atoms with Crippen LogP contribution in [-0.4, -0.2) is 55.0 Å². The van der Waals surface area contributed by atoms with Crippen LogP contribution in [0.15, 0.2) is 30.3 Å². The summed E-state index contributed by atoms with van der Waals surface area (Å²) in [7, 11) is 6.11. The molecule has 172 valence electrons. The van der Waals surface area contributed by atoms with Gasteiger partial charge in [0, 0.05) is 51.3 Å². The SMILES string of the molecule is CN(Cc1nc(C2CC(=O)N(c3ccc(F)cc3)C2)cc(N(C)C)n1)CC1CCCCC1. The van der Waals surface area contributed by atoms with Gasteiger partial charge in [-0.1, -0.05) is 19.3 Å². The van der Waals surface area contributed by atoms with E-state index >= 15 is 0 Å². The van der Waals surface area contributed by atoms with Crippen LogP contribution in [0.5, 0.6) is 0 Å². The molecular formula is C25H34FN5O. The van der Waals surface area contributed by atoms with Crippen LogP contribution in [0.3, 0.4) is 0 Å². The summed E-state index contributed by atoms with van der Waals surface area (Å²) < 4.78 is 13.3. The lowest BCUT2D eigenvalue weighted by molar-refractivity contribution is -0.117. The predicted molar refractivity (Wildman–Crippen MR) is 125 cm³/mol. The van der Waals surface area contributed by atoms with Crippen LogP contribution in [0.1, 0.15) is 56.0 Å². The average Bonchev–Trinajstić information content (AvgIpc) is 3.16. The fourth-order valence-corrected chi connectivity index (χ4v) is 4.90. The maximum absolute atomic E-state index is 13.3. The Morgan fingerprint density at radius 2 is 1.78 bits per heavy atom. The van der Waals surface area contributed by atoms with Crippen LogP contribution < -0.4 is 9.80 Å². The number of benzene rings is 1. The van der Waals surface area contributed by atoms with Crippen molar-refractivity contribution >= 4 is 17.4 Å². The molecule has 1 atom stereocenters. The largest absolute Gasteiger partial charge is 0.363 e. The van der Waals surface area contributed by atoms with Crippen LogP contribution in [0.25, 0.3) is 0 Å². The van der Waals surface area contributed by atoms with Crippen molar-refractivity contribution in [1.82, 2.24) is 14.9 Å². The molecule has 1 aromatic carbocycles. The molecule has 2 aliphatic rings. The van der Waals surface area contributed by atoms with Gasteiger partial charge in [0.15, 0.2) is 0 Å². The molecule has 2 fully saturated rings. The van der Waals surface area contributed by atoms with Crippen LogP contribution in [0.2, 0.25) is 0 Å². The van der Waals surface area contributed by atoms with Crippen LogP contribution in [0.4, 0.5) is 15.9 Å². The second-order valence-corrected chi connectivity index (χ2v) is 9.54. The molecule has 1 aromatic heterocycles. The van der Waals surface area contributed by atoms with E-state index in [1.807, 2.05) is 25.1 Å². The van der Waals surface area contributed by atoms with Gasteiger partial charge in [-0.2, -0.15) is 0 Å². The zero-order chi connectivity index (χ0) is 22.7. The van der Waals surface area contributed by atoms with Crippen molar-refractivity contribution in [1.29, 1.82) is 0 Å². The van der Waals surface area contributed by atoms with Gasteiger partial charge in [0.25, 0.3) is 0 Å². The Hall–Kier alpha value is -2.54. The lowest BCUT2D eigenvalue weighted by Crippen LogP contribution is -2.28. The third-order valence-corrected chi connectivity index (χ3v) is 6.62. The number of anilines is 2. The van der Waals surface area contributed by atoms with Gasteiger partial charge in [-0.3, -0.25) is 9.69 Å². The highest BCUT2D eigenvalue weighted by Gasteiger charge is 2.33. The molecule has 7 heteroatoms. The van der Waals surface area contributed by atoms with E-state index in [9.17, 15) is 9.18 Å². The summed E-state index contributed by atoms with van der Waals surface area (Å²) in [6.07, 6.45) is 7.09. The van der Waals surface area contributed by atoms with Crippen molar-refractivity contribution in [2.24, 2.45) is 5.92 Å². The molecule has 1 aliphatic heterocycles. The first-order chi connectivity index (χ1) is 15.4. The fraction of sp³-hybridized carbons (Fsp3) is 0.560. The molecule has 32 heavy (non-hydrogen) atoms. The van der Waals surface area contributed by atoms with Gasteiger partial charge in [0.2, 0.25) is 5.91 Å². The number of rotatable bonds is 7. The third-order valence-electron chi connectivity index (χ3n) is 6.62. The van der Waals surface area contributed by atoms with Crippen LogP contribution in [0, 0.1) is 11.7 Å². The smallest absolute Gasteiger partial charge is 0.227 e. The number of hydrogen-bond acceptors (Lipinski definition) is 5. The maximum atomic E-state index is 13.3. The molecule has 4 rings (SSSR count). The molecule has 0 N–H and O–H groups in total. The predicted octanol–water partition coefficient (Wildman–Crippen LogP) is 4.21.